The molecular formula is C14H17N5O. The first-order valence-electron chi connectivity index (χ1n) is 6.52. The van der Waals surface area contributed by atoms with E-state index in [9.17, 15) is 4.79 Å². The highest BCUT2D eigenvalue weighted by Crippen LogP contribution is 2.03. The molecule has 0 saturated heterocycles. The molecule has 2 rings (SSSR count). The smallest absolute Gasteiger partial charge is 0.254 e. The fraction of sp³-hybridized carbons (Fsp3) is 0.286. The van der Waals surface area contributed by atoms with Gasteiger partial charge in [0.1, 0.15) is 0 Å². The van der Waals surface area contributed by atoms with Crippen LogP contribution >= 0.6 is 0 Å². The number of nitrogens with zero attached hydrogens (tertiary/aromatic N) is 3. The second kappa shape index (κ2) is 7.18. The lowest BCUT2D eigenvalue weighted by Crippen LogP contribution is -2.24. The van der Waals surface area contributed by atoms with Crippen LogP contribution in [0.5, 0.6) is 0 Å². The Kier molecular flexibility index (Phi) is 5.00. The Balaban J connectivity index is 1.90. The van der Waals surface area contributed by atoms with Gasteiger partial charge in [-0.05, 0) is 18.1 Å². The molecule has 0 bridgehead atoms. The molecular weight excluding hydrogens is 254 g/mol. The quantitative estimate of drug-likeness (QED) is 0.834. The minimum absolute atomic E-state index is 0.148. The van der Waals surface area contributed by atoms with Gasteiger partial charge in [0.25, 0.3) is 5.91 Å². The molecule has 6 nitrogen and oxygen atoms in total. The number of carbonyl (C=O) groups excluding carboxylic acids is 1. The lowest BCUT2D eigenvalue weighted by Gasteiger charge is -2.06. The summed E-state index contributed by atoms with van der Waals surface area (Å²) in [5.41, 5.74) is 1.51. The van der Waals surface area contributed by atoms with Crippen molar-refractivity contribution >= 4 is 11.9 Å². The Morgan fingerprint density at radius 3 is 2.70 bits per heavy atom. The molecule has 0 radical (unpaired) electrons. The molecule has 0 aromatic carbocycles. The van der Waals surface area contributed by atoms with Crippen LogP contribution in [0.25, 0.3) is 0 Å². The van der Waals surface area contributed by atoms with Crippen LogP contribution in [0.2, 0.25) is 0 Å². The molecule has 0 aliphatic heterocycles. The van der Waals surface area contributed by atoms with Crippen molar-refractivity contribution in [2.45, 2.75) is 19.9 Å². The molecule has 0 saturated carbocycles. The number of pyridine rings is 1. The fourth-order valence-corrected chi connectivity index (χ4v) is 1.56. The zero-order valence-electron chi connectivity index (χ0n) is 11.3. The van der Waals surface area contributed by atoms with E-state index in [2.05, 4.69) is 25.6 Å². The van der Waals surface area contributed by atoms with Crippen LogP contribution in [0.15, 0.2) is 36.9 Å². The van der Waals surface area contributed by atoms with E-state index >= 15 is 0 Å². The summed E-state index contributed by atoms with van der Waals surface area (Å²) in [7, 11) is 0. The summed E-state index contributed by atoms with van der Waals surface area (Å²) in [6.07, 6.45) is 7.44. The maximum atomic E-state index is 11.7. The lowest BCUT2D eigenvalue weighted by molar-refractivity contribution is 0.0953. The Bertz CT molecular complexity index is 541. The van der Waals surface area contributed by atoms with E-state index in [1.165, 1.54) is 12.4 Å². The van der Waals surface area contributed by atoms with Gasteiger partial charge in [0.15, 0.2) is 0 Å². The van der Waals surface area contributed by atoms with Crippen molar-refractivity contribution in [1.29, 1.82) is 0 Å². The summed E-state index contributed by atoms with van der Waals surface area (Å²) in [6.45, 7) is 3.25. The number of rotatable bonds is 6. The van der Waals surface area contributed by atoms with Gasteiger partial charge in [-0.15, -0.1) is 0 Å². The number of hydrogen-bond acceptors (Lipinski definition) is 5. The van der Waals surface area contributed by atoms with Crippen LogP contribution in [0.4, 0.5) is 5.95 Å². The minimum Gasteiger partial charge on any atom is -0.352 e. The molecule has 2 aromatic heterocycles. The van der Waals surface area contributed by atoms with Crippen LogP contribution in [-0.2, 0) is 6.54 Å². The number of aromatic nitrogens is 3. The van der Waals surface area contributed by atoms with E-state index < -0.39 is 0 Å². The van der Waals surface area contributed by atoms with Gasteiger partial charge >= 0.3 is 0 Å². The number of nitrogens with one attached hydrogen (secondary N) is 2. The molecule has 0 unspecified atom stereocenters. The SMILES string of the molecule is CCCNC(=O)c1cnc(NCc2cccnc2)nc1. The van der Waals surface area contributed by atoms with Gasteiger partial charge in [-0.1, -0.05) is 13.0 Å². The average molecular weight is 271 g/mol. The second-order valence-electron chi connectivity index (χ2n) is 4.27. The van der Waals surface area contributed by atoms with Crippen LogP contribution in [0.3, 0.4) is 0 Å². The maximum Gasteiger partial charge on any atom is 0.254 e. The molecule has 0 atom stereocenters. The van der Waals surface area contributed by atoms with Gasteiger partial charge < -0.3 is 10.6 Å². The Hall–Kier alpha value is -2.50. The predicted molar refractivity (Wildman–Crippen MR) is 76.2 cm³/mol. The fourth-order valence-electron chi connectivity index (χ4n) is 1.56. The van der Waals surface area contributed by atoms with E-state index in [1.807, 2.05) is 19.1 Å². The van der Waals surface area contributed by atoms with Gasteiger partial charge in [0.05, 0.1) is 5.56 Å². The second-order valence-corrected chi connectivity index (χ2v) is 4.27. The first-order valence-corrected chi connectivity index (χ1v) is 6.52. The summed E-state index contributed by atoms with van der Waals surface area (Å²) >= 11 is 0. The molecule has 2 heterocycles. The number of carbonyl (C=O) groups is 1. The molecule has 0 fully saturated rings. The van der Waals surface area contributed by atoms with Crippen molar-refractivity contribution in [2.24, 2.45) is 0 Å². The first-order chi connectivity index (χ1) is 9.79. The Morgan fingerprint density at radius 2 is 2.05 bits per heavy atom. The Morgan fingerprint density at radius 1 is 1.25 bits per heavy atom. The summed E-state index contributed by atoms with van der Waals surface area (Å²) < 4.78 is 0. The van der Waals surface area contributed by atoms with Crippen molar-refractivity contribution in [1.82, 2.24) is 20.3 Å². The standard InChI is InChI=1S/C14H17N5O/c1-2-5-16-13(20)12-9-18-14(19-10-12)17-8-11-4-3-6-15-7-11/h3-4,6-7,9-10H,2,5,8H2,1H3,(H,16,20)(H,17,18,19). The molecule has 2 N–H and O–H groups in total. The van der Waals surface area contributed by atoms with Gasteiger partial charge in [-0.25, -0.2) is 9.97 Å². The topological polar surface area (TPSA) is 79.8 Å². The van der Waals surface area contributed by atoms with Gasteiger partial charge in [0, 0.05) is 37.9 Å². The first kappa shape index (κ1) is 13.9. The van der Waals surface area contributed by atoms with E-state index in [0.717, 1.165) is 12.0 Å². The average Bonchev–Trinajstić information content (AvgIpc) is 2.52. The molecule has 0 aliphatic carbocycles. The van der Waals surface area contributed by atoms with E-state index in [0.29, 0.717) is 24.6 Å². The molecule has 6 heteroatoms. The largest absolute Gasteiger partial charge is 0.352 e. The van der Waals surface area contributed by atoms with Crippen molar-refractivity contribution in [2.75, 3.05) is 11.9 Å². The van der Waals surface area contributed by atoms with Gasteiger partial charge in [0.2, 0.25) is 5.95 Å². The lowest BCUT2D eigenvalue weighted by atomic mass is 10.3. The van der Waals surface area contributed by atoms with Crippen LogP contribution in [0.1, 0.15) is 29.3 Å². The summed E-state index contributed by atoms with van der Waals surface area (Å²) in [5, 5.41) is 5.85. The molecule has 0 aliphatic rings. The summed E-state index contributed by atoms with van der Waals surface area (Å²) in [5.74, 6) is 0.339. The zero-order chi connectivity index (χ0) is 14.2. The van der Waals surface area contributed by atoms with E-state index in [4.69, 9.17) is 0 Å². The highest BCUT2D eigenvalue weighted by atomic mass is 16.1. The number of amides is 1. The molecule has 20 heavy (non-hydrogen) atoms. The van der Waals surface area contributed by atoms with Gasteiger partial charge in [-0.3, -0.25) is 9.78 Å². The normalized spacial score (nSPS) is 10.1. The van der Waals surface area contributed by atoms with Crippen LogP contribution in [-0.4, -0.2) is 27.4 Å². The van der Waals surface area contributed by atoms with E-state index in [1.54, 1.807) is 12.4 Å². The number of anilines is 1. The third-order valence-electron chi connectivity index (χ3n) is 2.62. The van der Waals surface area contributed by atoms with Crippen LogP contribution in [0, 0.1) is 0 Å². The Labute approximate surface area is 117 Å². The van der Waals surface area contributed by atoms with E-state index in [-0.39, 0.29) is 5.91 Å². The van der Waals surface area contributed by atoms with Crippen molar-refractivity contribution in [3.8, 4) is 0 Å². The van der Waals surface area contributed by atoms with Crippen molar-refractivity contribution in [3.05, 3.63) is 48.0 Å². The summed E-state index contributed by atoms with van der Waals surface area (Å²) in [6, 6.07) is 3.84. The summed E-state index contributed by atoms with van der Waals surface area (Å²) in [4.78, 5) is 23.9. The molecule has 1 amide bonds. The van der Waals surface area contributed by atoms with Crippen LogP contribution < -0.4 is 10.6 Å². The third-order valence-corrected chi connectivity index (χ3v) is 2.62. The highest BCUT2D eigenvalue weighted by Gasteiger charge is 2.05. The highest BCUT2D eigenvalue weighted by molar-refractivity contribution is 5.93. The van der Waals surface area contributed by atoms with Crippen molar-refractivity contribution in [3.63, 3.8) is 0 Å². The van der Waals surface area contributed by atoms with Gasteiger partial charge in [-0.2, -0.15) is 0 Å². The van der Waals surface area contributed by atoms with Crippen molar-refractivity contribution < 1.29 is 4.79 Å². The third kappa shape index (κ3) is 4.01. The molecule has 2 aromatic rings. The molecule has 104 valence electrons. The zero-order valence-corrected chi connectivity index (χ0v) is 11.3. The minimum atomic E-state index is -0.148. The predicted octanol–water partition coefficient (Wildman–Crippen LogP) is 1.62. The number of hydrogen-bond donors (Lipinski definition) is 2. The molecule has 0 spiro atoms. The monoisotopic (exact) mass is 271 g/mol. The maximum absolute atomic E-state index is 11.7.